The molecule has 2 aromatic rings. The minimum absolute atomic E-state index is 0.0324. The summed E-state index contributed by atoms with van der Waals surface area (Å²) < 4.78 is 10.7. The Morgan fingerprint density at radius 2 is 1.88 bits per heavy atom. The number of benzene rings is 2. The van der Waals surface area contributed by atoms with Crippen LogP contribution in [0.1, 0.15) is 5.56 Å². The SMILES string of the molecule is O=C(COc1ccccc1)N[C@@H]1C(=O)N2C(C(=O)OCc3ccc([N+](=O)[O-])cc3)=C(S)CS[C@@H]12. The fourth-order valence-corrected chi connectivity index (χ4v) is 5.03. The molecular weight excluding hydrogens is 482 g/mol. The van der Waals surface area contributed by atoms with Crippen LogP contribution in [-0.2, 0) is 25.7 Å². The largest absolute Gasteiger partial charge is 0.484 e. The fourth-order valence-electron chi connectivity index (χ4n) is 3.41. The van der Waals surface area contributed by atoms with E-state index in [1.807, 2.05) is 6.07 Å². The first kappa shape index (κ1) is 23.6. The van der Waals surface area contributed by atoms with E-state index in [2.05, 4.69) is 17.9 Å². The first-order chi connectivity index (χ1) is 16.3. The molecule has 1 saturated heterocycles. The van der Waals surface area contributed by atoms with E-state index in [-0.39, 0.29) is 24.6 Å². The van der Waals surface area contributed by atoms with Gasteiger partial charge in [-0.3, -0.25) is 24.6 Å². The maximum absolute atomic E-state index is 12.8. The molecule has 2 amide bonds. The topological polar surface area (TPSA) is 128 Å². The zero-order chi connectivity index (χ0) is 24.2. The Balaban J connectivity index is 1.34. The highest BCUT2D eigenvalue weighted by molar-refractivity contribution is 8.01. The van der Waals surface area contributed by atoms with Crippen molar-refractivity contribution in [3.63, 3.8) is 0 Å². The van der Waals surface area contributed by atoms with Crippen molar-refractivity contribution in [3.05, 3.63) is 80.9 Å². The molecule has 2 aliphatic rings. The van der Waals surface area contributed by atoms with Crippen LogP contribution in [0, 0.1) is 10.1 Å². The number of ether oxygens (including phenoxy) is 2. The van der Waals surface area contributed by atoms with Crippen molar-refractivity contribution in [1.29, 1.82) is 0 Å². The second kappa shape index (κ2) is 10.2. The fraction of sp³-hybridized carbons (Fsp3) is 0.227. The van der Waals surface area contributed by atoms with Crippen LogP contribution in [0.25, 0.3) is 0 Å². The first-order valence-corrected chi connectivity index (χ1v) is 11.6. The predicted octanol–water partition coefficient (Wildman–Crippen LogP) is 2.26. The average molecular weight is 502 g/mol. The summed E-state index contributed by atoms with van der Waals surface area (Å²) >= 11 is 5.71. The number of amides is 2. The molecule has 0 aliphatic carbocycles. The number of nitro benzene ring substituents is 1. The highest BCUT2D eigenvalue weighted by Crippen LogP contribution is 2.41. The highest BCUT2D eigenvalue weighted by atomic mass is 32.2. The van der Waals surface area contributed by atoms with E-state index in [0.29, 0.717) is 22.0 Å². The number of fused-ring (bicyclic) bond motifs is 1. The molecule has 12 heteroatoms. The van der Waals surface area contributed by atoms with Crippen molar-refractivity contribution in [3.8, 4) is 5.75 Å². The zero-order valence-electron chi connectivity index (χ0n) is 17.6. The number of nitrogens with one attached hydrogen (secondary N) is 1. The summed E-state index contributed by atoms with van der Waals surface area (Å²) in [6.45, 7) is -0.374. The Labute approximate surface area is 203 Å². The summed E-state index contributed by atoms with van der Waals surface area (Å²) in [7, 11) is 0. The van der Waals surface area contributed by atoms with Crippen molar-refractivity contribution >= 4 is 47.9 Å². The number of hydrogen-bond donors (Lipinski definition) is 2. The van der Waals surface area contributed by atoms with Gasteiger partial charge in [0, 0.05) is 22.8 Å². The molecule has 10 nitrogen and oxygen atoms in total. The van der Waals surface area contributed by atoms with Gasteiger partial charge >= 0.3 is 5.97 Å². The number of carbonyl (C=O) groups excluding carboxylic acids is 3. The number of hydrogen-bond acceptors (Lipinski definition) is 9. The van der Waals surface area contributed by atoms with E-state index < -0.39 is 34.1 Å². The summed E-state index contributed by atoms with van der Waals surface area (Å²) in [4.78, 5) is 49.7. The van der Waals surface area contributed by atoms with Gasteiger partial charge in [0.1, 0.15) is 29.5 Å². The van der Waals surface area contributed by atoms with Gasteiger partial charge in [0.2, 0.25) is 0 Å². The van der Waals surface area contributed by atoms with E-state index in [1.54, 1.807) is 24.3 Å². The van der Waals surface area contributed by atoms with E-state index in [1.165, 1.54) is 40.9 Å². The molecule has 34 heavy (non-hydrogen) atoms. The molecule has 0 bridgehead atoms. The van der Waals surface area contributed by atoms with Crippen LogP contribution < -0.4 is 10.1 Å². The molecule has 0 spiro atoms. The summed E-state index contributed by atoms with van der Waals surface area (Å²) in [6, 6.07) is 13.6. The minimum Gasteiger partial charge on any atom is -0.484 e. The third-order valence-electron chi connectivity index (χ3n) is 5.09. The van der Waals surface area contributed by atoms with Gasteiger partial charge in [-0.2, -0.15) is 0 Å². The van der Waals surface area contributed by atoms with Crippen molar-refractivity contribution in [1.82, 2.24) is 10.2 Å². The van der Waals surface area contributed by atoms with Crippen LogP contribution in [0.5, 0.6) is 5.75 Å². The number of thioether (sulfide) groups is 1. The van der Waals surface area contributed by atoms with Gasteiger partial charge in [-0.15, -0.1) is 24.4 Å². The number of nitrogens with zero attached hydrogens (tertiary/aromatic N) is 2. The van der Waals surface area contributed by atoms with Gasteiger partial charge in [0.15, 0.2) is 6.61 Å². The van der Waals surface area contributed by atoms with Gasteiger partial charge in [-0.25, -0.2) is 4.79 Å². The Bertz CT molecular complexity index is 1150. The molecule has 0 aromatic heterocycles. The summed E-state index contributed by atoms with van der Waals surface area (Å²) in [5.74, 6) is -0.734. The summed E-state index contributed by atoms with van der Waals surface area (Å²) in [6.07, 6.45) is 0. The Hall–Kier alpha value is -3.51. The second-order valence-electron chi connectivity index (χ2n) is 7.35. The number of esters is 1. The number of non-ortho nitro benzene ring substituents is 1. The lowest BCUT2D eigenvalue weighted by molar-refractivity contribution is -0.384. The number of rotatable bonds is 8. The number of β-lactam (4-membered cyclic amide) rings is 1. The lowest BCUT2D eigenvalue weighted by Gasteiger charge is -2.49. The van der Waals surface area contributed by atoms with Crippen LogP contribution >= 0.6 is 24.4 Å². The molecular formula is C22H19N3O7S2. The number of thiol groups is 1. The molecule has 1 fully saturated rings. The van der Waals surface area contributed by atoms with Crippen molar-refractivity contribution in [2.45, 2.75) is 18.0 Å². The van der Waals surface area contributed by atoms with Gasteiger partial charge in [0.05, 0.1) is 4.92 Å². The van der Waals surface area contributed by atoms with Gasteiger partial charge < -0.3 is 14.8 Å². The van der Waals surface area contributed by atoms with Crippen molar-refractivity contribution in [2.24, 2.45) is 0 Å². The lowest BCUT2D eigenvalue weighted by Crippen LogP contribution is -2.70. The molecule has 1 N–H and O–H groups in total. The smallest absolute Gasteiger partial charge is 0.356 e. The number of para-hydroxylation sites is 1. The van der Waals surface area contributed by atoms with Crippen molar-refractivity contribution in [2.75, 3.05) is 12.4 Å². The standard InChI is InChI=1S/C22H19N3O7S2/c26-17(11-31-15-4-2-1-3-5-15)23-18-20(27)24-19(16(33)12-34-21(18)24)22(28)32-10-13-6-8-14(9-7-13)25(29)30/h1-9,18,21,33H,10-12H2,(H,23,26)/t18-,21+/m1/s1. The number of carbonyl (C=O) groups is 3. The van der Waals surface area contributed by atoms with Crippen LogP contribution in [0.3, 0.4) is 0 Å². The molecule has 176 valence electrons. The summed E-state index contributed by atoms with van der Waals surface area (Å²) in [5.41, 5.74) is 0.515. The third kappa shape index (κ3) is 5.02. The number of nitro groups is 1. The first-order valence-electron chi connectivity index (χ1n) is 10.1. The van der Waals surface area contributed by atoms with Crippen LogP contribution in [0.2, 0.25) is 0 Å². The van der Waals surface area contributed by atoms with Crippen molar-refractivity contribution < 1.29 is 28.8 Å². The van der Waals surface area contributed by atoms with E-state index in [0.717, 1.165) is 0 Å². The minimum atomic E-state index is -0.796. The Morgan fingerprint density at radius 1 is 1.18 bits per heavy atom. The van der Waals surface area contributed by atoms with Crippen LogP contribution in [-0.4, -0.2) is 51.4 Å². The predicted molar refractivity (Wildman–Crippen MR) is 126 cm³/mol. The quantitative estimate of drug-likeness (QED) is 0.185. The molecule has 0 saturated carbocycles. The molecule has 0 unspecified atom stereocenters. The van der Waals surface area contributed by atoms with E-state index in [4.69, 9.17) is 9.47 Å². The zero-order valence-corrected chi connectivity index (χ0v) is 19.3. The molecule has 2 heterocycles. The molecule has 0 radical (unpaired) electrons. The Kier molecular flexibility index (Phi) is 7.08. The molecule has 2 aliphatic heterocycles. The lowest BCUT2D eigenvalue weighted by atomic mass is 10.1. The maximum Gasteiger partial charge on any atom is 0.356 e. The summed E-state index contributed by atoms with van der Waals surface area (Å²) in [5, 5.41) is 12.9. The van der Waals surface area contributed by atoms with Gasteiger partial charge in [0.25, 0.3) is 17.5 Å². The Morgan fingerprint density at radius 3 is 2.56 bits per heavy atom. The normalized spacial score (nSPS) is 19.1. The van der Waals surface area contributed by atoms with Gasteiger partial charge in [-0.05, 0) is 29.8 Å². The average Bonchev–Trinajstić information content (AvgIpc) is 2.85. The molecule has 4 rings (SSSR count). The second-order valence-corrected chi connectivity index (χ2v) is 9.00. The van der Waals surface area contributed by atoms with Gasteiger partial charge in [-0.1, -0.05) is 18.2 Å². The van der Waals surface area contributed by atoms with Crippen LogP contribution in [0.15, 0.2) is 65.2 Å². The maximum atomic E-state index is 12.8. The monoisotopic (exact) mass is 501 g/mol. The van der Waals surface area contributed by atoms with E-state index >= 15 is 0 Å². The molecule has 2 atom stereocenters. The van der Waals surface area contributed by atoms with E-state index in [9.17, 15) is 24.5 Å². The van der Waals surface area contributed by atoms with Crippen LogP contribution in [0.4, 0.5) is 5.69 Å². The highest BCUT2D eigenvalue weighted by Gasteiger charge is 2.54. The third-order valence-corrected chi connectivity index (χ3v) is 6.95. The molecule has 2 aromatic carbocycles.